The molecule has 0 spiro atoms. The molecule has 2 heterocycles. The number of carbonyl (C=O) groups excluding carboxylic acids is 16. The van der Waals surface area contributed by atoms with E-state index in [-0.39, 0.29) is 95.7 Å². The van der Waals surface area contributed by atoms with Crippen LogP contribution >= 0.6 is 11.6 Å². The lowest BCUT2D eigenvalue weighted by Gasteiger charge is -2.35. The molecule has 41 nitrogen and oxygen atoms in total. The number of ether oxygens (including phenoxy) is 7. The number of esters is 4. The van der Waals surface area contributed by atoms with Gasteiger partial charge in [-0.3, -0.25) is 68.2 Å². The molecule has 16 atom stereocenters. The molecule has 0 aromatic heterocycles. The number of nitro groups is 2. The van der Waals surface area contributed by atoms with Crippen molar-refractivity contribution < 1.29 is 120 Å². The Balaban J connectivity index is 0.000000557. The Morgan fingerprint density at radius 1 is 0.503 bits per heavy atom. The molecule has 0 bridgehead atoms. The monoisotopic (exact) mass is 2090 g/mol. The lowest BCUT2D eigenvalue weighted by Crippen LogP contribution is -2.60. The Hall–Kier alpha value is -14.8. The van der Waals surface area contributed by atoms with Crippen molar-refractivity contribution in [1.82, 2.24) is 51.5 Å². The summed E-state index contributed by atoms with van der Waals surface area (Å²) in [6.45, 7) is 52.5. The third-order valence-corrected chi connectivity index (χ3v) is 25.8. The molecule has 2 aliphatic rings. The molecule has 4 aromatic rings. The van der Waals surface area contributed by atoms with Crippen LogP contribution in [-0.4, -0.2) is 243 Å². The van der Waals surface area contributed by atoms with Gasteiger partial charge in [-0.1, -0.05) is 162 Å². The van der Waals surface area contributed by atoms with Gasteiger partial charge in [0.15, 0.2) is 23.6 Å². The number of nitro benzene ring substituents is 2. The number of likely N-dealkylation sites (N-methyl/N-ethyl adjacent to an activating group) is 4. The van der Waals surface area contributed by atoms with E-state index in [1.807, 2.05) is 54.5 Å². The van der Waals surface area contributed by atoms with E-state index in [4.69, 9.17) is 53.2 Å². The summed E-state index contributed by atoms with van der Waals surface area (Å²) in [6, 6.07) is 15.4. The lowest BCUT2D eigenvalue weighted by molar-refractivity contribution is -0.385. The summed E-state index contributed by atoms with van der Waals surface area (Å²) in [7, 11) is 5.55. The average Bonchev–Trinajstić information content (AvgIpc) is 0.821. The van der Waals surface area contributed by atoms with Crippen LogP contribution < -0.4 is 41.4 Å². The Bertz CT molecular complexity index is 5630. The highest BCUT2D eigenvalue weighted by atomic mass is 35.5. The molecule has 0 saturated carbocycles. The fourth-order valence-corrected chi connectivity index (χ4v) is 15.5. The van der Waals surface area contributed by atoms with Crippen molar-refractivity contribution in [2.45, 2.75) is 288 Å². The lowest BCUT2D eigenvalue weighted by atomic mass is 9.84. The molecule has 42 heteroatoms. The van der Waals surface area contributed by atoms with Crippen LogP contribution in [0.4, 0.5) is 32.3 Å². The summed E-state index contributed by atoms with van der Waals surface area (Å²) < 4.78 is 39.4. The minimum absolute atomic E-state index is 0.0000831. The number of hydrogen-bond acceptors (Lipinski definition) is 27. The highest BCUT2D eigenvalue weighted by molar-refractivity contribution is 6.61. The van der Waals surface area contributed by atoms with Crippen molar-refractivity contribution in [2.24, 2.45) is 41.4 Å². The van der Waals surface area contributed by atoms with Gasteiger partial charge >= 0.3 is 35.5 Å². The molecule has 10 amide bonds. The number of amides is 10. The zero-order chi connectivity index (χ0) is 113. The van der Waals surface area contributed by atoms with E-state index < -0.39 is 207 Å². The summed E-state index contributed by atoms with van der Waals surface area (Å²) >= 11 is 4.92. The molecule has 6 N–H and O–H groups in total. The van der Waals surface area contributed by atoms with Crippen molar-refractivity contribution in [3.05, 3.63) is 198 Å². The molecule has 4 aromatic carbocycles. The first-order valence-electron chi connectivity index (χ1n) is 49.1. The molecule has 0 fully saturated rings. The van der Waals surface area contributed by atoms with Crippen LogP contribution in [0.3, 0.4) is 0 Å². The fourth-order valence-electron chi connectivity index (χ4n) is 15.4. The van der Waals surface area contributed by atoms with Gasteiger partial charge in [0.25, 0.3) is 23.2 Å². The summed E-state index contributed by atoms with van der Waals surface area (Å²) in [5.74, 6) is -12.3. The number of benzene rings is 4. The van der Waals surface area contributed by atoms with Gasteiger partial charge in [0, 0.05) is 100 Å². The fraction of sp³-hybridized carbons (Fsp3) is 0.533. The van der Waals surface area contributed by atoms with Gasteiger partial charge in [-0.25, -0.2) is 38.5 Å². The van der Waals surface area contributed by atoms with Crippen LogP contribution in [0.25, 0.3) is 9.69 Å². The Morgan fingerprint density at radius 3 is 1.17 bits per heavy atom. The van der Waals surface area contributed by atoms with E-state index in [1.54, 1.807) is 123 Å². The number of cyclic esters (lactones) is 4. The van der Waals surface area contributed by atoms with Gasteiger partial charge in [0.1, 0.15) is 77.1 Å². The molecule has 0 radical (unpaired) electrons. The molecule has 6 rings (SSSR count). The van der Waals surface area contributed by atoms with Crippen LogP contribution in [0.15, 0.2) is 144 Å². The second-order valence-corrected chi connectivity index (χ2v) is 39.7. The van der Waals surface area contributed by atoms with Crippen molar-refractivity contribution in [2.75, 3.05) is 41.3 Å². The summed E-state index contributed by atoms with van der Waals surface area (Å²) in [5, 5.41) is 37.7. The molecule has 2 unspecified atom stereocenters. The molecule has 812 valence electrons. The number of nitrogens with zero attached hydrogens (tertiary/aromatic N) is 8. The predicted octanol–water partition coefficient (Wildman–Crippen LogP) is 14.1. The third-order valence-electron chi connectivity index (χ3n) is 25.7. The first-order chi connectivity index (χ1) is 69.6. The number of carbonyl (C=O) groups is 16. The smallest absolute Gasteiger partial charge is 0.456 e. The standard InChI is InChI=1S/C53H71N7O14.C47H70N6O9.C7H4ClNO4/c1-15-31(5)44-47(63)57-53(10,11)51(67)74-45(32(6)16-2)34(8)41(73-52(68)71-39-24-22-38(23-25-39)60(69)70)26-17-33(7)50(66)72-42(27-30(3)4)46(62)55-35(9)48(64)59(14)40(49(65)58(13)29-43(61)56-44)28-36-18-20-37(54-12)21-19-36;1-16-28(5)39-42(56)51-47(11,12)46(60)62-40(29(6)17-2)32(9)30(7)18-19-31(8)45(59)61-37(24-27(3)4)41(55)49-33(10)43(57)53(15)36(44(58)52(14)26-38(54)50-39)25-34-20-22-35(48-13)23-21-34;8-7(10)13-6-3-1-5(2-4-6)9(11)12/h16-25,30-31,34-35,40-42,44-45H,15,26-29H2,1-11,13-14H3,(H,55,62)(H,56,61)(H,57,63);17,19-23,27-28,30,32-33,36-37,39-40H,16,18,24-26H2,1-12,14-15H3,(H,49,55)(H,50,54)(H,51,56);1-4H/b32-16+,33-17+;29-17+,31-19+;/t31?,34-,35-,40+,41-,42+,44-,45+;28?,30-,32-,33-,36+,37+,39-,40+;/m00./s1. The Labute approximate surface area is 876 Å². The van der Waals surface area contributed by atoms with Gasteiger partial charge in [0.2, 0.25) is 47.3 Å². The van der Waals surface area contributed by atoms with Gasteiger partial charge in [0.05, 0.1) is 36.1 Å². The van der Waals surface area contributed by atoms with Crippen molar-refractivity contribution in [3.8, 4) is 11.5 Å². The van der Waals surface area contributed by atoms with E-state index in [0.717, 1.165) is 32.4 Å². The first-order valence-corrected chi connectivity index (χ1v) is 49.5. The maximum absolute atomic E-state index is 14.4. The van der Waals surface area contributed by atoms with Crippen LogP contribution in [0.1, 0.15) is 209 Å². The van der Waals surface area contributed by atoms with E-state index in [9.17, 15) is 96.9 Å². The highest BCUT2D eigenvalue weighted by Crippen LogP contribution is 2.33. The second kappa shape index (κ2) is 59.3. The number of rotatable bonds is 19. The Morgan fingerprint density at radius 2 is 0.846 bits per heavy atom. The minimum atomic E-state index is -1.74. The van der Waals surface area contributed by atoms with E-state index in [0.29, 0.717) is 47.3 Å². The number of non-ortho nitro benzene ring substituents is 2. The van der Waals surface area contributed by atoms with E-state index >= 15 is 0 Å². The largest absolute Gasteiger partial charge is 0.514 e. The summed E-state index contributed by atoms with van der Waals surface area (Å²) in [6.07, 6.45) is 0.989. The topological polar surface area (TPSA) is 518 Å². The number of halogens is 1. The zero-order valence-electron chi connectivity index (χ0n) is 90.0. The quantitative estimate of drug-likeness (QED) is 0.00742. The third kappa shape index (κ3) is 39.4. The average molecular weight is 2090 g/mol. The molecule has 149 heavy (non-hydrogen) atoms. The van der Waals surface area contributed by atoms with E-state index in [2.05, 4.69) is 46.3 Å². The van der Waals surface area contributed by atoms with Crippen molar-refractivity contribution >= 4 is 129 Å². The van der Waals surface area contributed by atoms with Gasteiger partial charge in [-0.15, -0.1) is 0 Å². The number of allylic oxidation sites excluding steroid dienone is 3. The molecule has 0 aliphatic carbocycles. The van der Waals surface area contributed by atoms with Crippen LogP contribution in [-0.2, 0) is 104 Å². The predicted molar refractivity (Wildman–Crippen MR) is 554 cm³/mol. The van der Waals surface area contributed by atoms with Gasteiger partial charge in [-0.05, 0) is 184 Å². The van der Waals surface area contributed by atoms with Gasteiger partial charge < -0.3 is 84.7 Å². The molecule has 0 saturated heterocycles. The minimum Gasteiger partial charge on any atom is -0.456 e. The summed E-state index contributed by atoms with van der Waals surface area (Å²) in [5.41, 5.74) is -1.08. The zero-order valence-corrected chi connectivity index (χ0v) is 90.7. The SMILES string of the molecule is O=C(Cl)Oc1ccc([N+](=O)[O-])cc1.[C-]#[N+]c1ccc(C[C@@H]2C(=O)N(C)CC(=O)N[C@@H](C(C)CC)C(=O)NC(C)(C)C(=O)O[C@H](/C(C)=C/C)[C@@H](C)[C@@H](C)C/C=C(\C)C(=O)O[C@H](CC(C)C)C(=O)N[C@@H](C)C(=O)N2C)cc1.[C-]#[N+]c1ccc(C[C@@H]2C(=O)N(C)CC(=O)N[C@@H](C(C)CC)C(=O)NC(C)(C)C(=O)O[C@H](/C(C)=C/C)[C@@H](C)[C@@H](OC(=O)Oc3ccc([N+](=O)[O-])cc3)C/C=C(\C)C(=O)O[C@H](CC(C)C)C(=O)N[C@@H](C)C(=O)N2C)cc1. The maximum Gasteiger partial charge on any atom is 0.514 e. The van der Waals surface area contributed by atoms with Crippen LogP contribution in [0.5, 0.6) is 11.5 Å². The molecule has 2 aliphatic heterocycles. The normalized spacial score (nSPS) is 24.5. The van der Waals surface area contributed by atoms with Gasteiger partial charge in [-0.2, -0.15) is 0 Å². The number of hydrogen-bond donors (Lipinski definition) is 6. The van der Waals surface area contributed by atoms with E-state index in [1.165, 1.54) is 124 Å². The maximum atomic E-state index is 14.4. The highest BCUT2D eigenvalue weighted by Gasteiger charge is 2.45. The van der Waals surface area contributed by atoms with Crippen molar-refractivity contribution in [3.63, 3.8) is 0 Å². The Kier molecular flexibility index (Phi) is 50.3. The van der Waals surface area contributed by atoms with Crippen LogP contribution in [0, 0.1) is 74.8 Å². The second-order valence-electron chi connectivity index (χ2n) is 39.4. The number of nitrogens with one attached hydrogen (secondary N) is 6. The molecular formula is C107H145ClN14O27. The van der Waals surface area contributed by atoms with Crippen molar-refractivity contribution in [1.29, 1.82) is 0 Å². The first kappa shape index (κ1) is 127. The van der Waals surface area contributed by atoms with Crippen LogP contribution in [0.2, 0.25) is 0 Å². The summed E-state index contributed by atoms with van der Waals surface area (Å²) in [4.78, 5) is 251. The molecular weight excluding hydrogens is 1950 g/mol.